The van der Waals surface area contributed by atoms with Crippen LogP contribution < -0.4 is 10.6 Å². The quantitative estimate of drug-likeness (QED) is 0.589. The van der Waals surface area contributed by atoms with Gasteiger partial charge in [-0.1, -0.05) is 0 Å². The lowest BCUT2D eigenvalue weighted by Gasteiger charge is -2.38. The monoisotopic (exact) mass is 243 g/mol. The van der Waals surface area contributed by atoms with Crippen molar-refractivity contribution < 1.29 is 19.5 Å². The van der Waals surface area contributed by atoms with E-state index >= 15 is 0 Å². The van der Waals surface area contributed by atoms with Gasteiger partial charge in [0.25, 0.3) is 0 Å². The van der Waals surface area contributed by atoms with Crippen LogP contribution in [0.15, 0.2) is 0 Å². The van der Waals surface area contributed by atoms with E-state index in [1.165, 1.54) is 7.05 Å². The Labute approximate surface area is 99.2 Å². The van der Waals surface area contributed by atoms with Gasteiger partial charge >= 0.3 is 12.0 Å². The SMILES string of the molecule is CNC(=O)NC(=O)CCN1CC(CC(=O)O)C1. The molecular weight excluding hydrogens is 226 g/mol. The van der Waals surface area contributed by atoms with Crippen LogP contribution in [0.4, 0.5) is 4.79 Å². The average Bonchev–Trinajstić information content (AvgIpc) is 2.20. The minimum atomic E-state index is -0.785. The third-order valence-corrected chi connectivity index (χ3v) is 2.63. The van der Waals surface area contributed by atoms with Crippen molar-refractivity contribution in [3.63, 3.8) is 0 Å². The molecule has 0 bridgehead atoms. The Balaban J connectivity index is 2.07. The highest BCUT2D eigenvalue weighted by atomic mass is 16.4. The van der Waals surface area contributed by atoms with E-state index in [1.807, 2.05) is 4.90 Å². The molecule has 0 radical (unpaired) electrons. The number of carbonyl (C=O) groups excluding carboxylic acids is 2. The maximum Gasteiger partial charge on any atom is 0.321 e. The van der Waals surface area contributed by atoms with Gasteiger partial charge in [0.2, 0.25) is 5.91 Å². The molecule has 1 rings (SSSR count). The summed E-state index contributed by atoms with van der Waals surface area (Å²) in [7, 11) is 1.44. The van der Waals surface area contributed by atoms with Crippen molar-refractivity contribution in [1.29, 1.82) is 0 Å². The molecule has 0 saturated carbocycles. The van der Waals surface area contributed by atoms with Gasteiger partial charge in [0.15, 0.2) is 0 Å². The van der Waals surface area contributed by atoms with Crippen molar-refractivity contribution in [2.24, 2.45) is 5.92 Å². The number of hydrogen-bond donors (Lipinski definition) is 3. The van der Waals surface area contributed by atoms with Crippen LogP contribution in [0.3, 0.4) is 0 Å². The average molecular weight is 243 g/mol. The van der Waals surface area contributed by atoms with Gasteiger partial charge in [-0.05, 0) is 5.92 Å². The van der Waals surface area contributed by atoms with Crippen LogP contribution in [0, 0.1) is 5.92 Å². The van der Waals surface area contributed by atoms with Crippen LogP contribution in [0.2, 0.25) is 0 Å². The molecule has 1 aliphatic heterocycles. The van der Waals surface area contributed by atoms with Gasteiger partial charge in [-0.3, -0.25) is 14.9 Å². The number of aliphatic carboxylic acids is 1. The normalized spacial score (nSPS) is 16.1. The smallest absolute Gasteiger partial charge is 0.321 e. The second-order valence-corrected chi connectivity index (χ2v) is 4.10. The van der Waals surface area contributed by atoms with Gasteiger partial charge in [-0.25, -0.2) is 4.79 Å². The number of carboxylic acids is 1. The van der Waals surface area contributed by atoms with Crippen molar-refractivity contribution >= 4 is 17.9 Å². The summed E-state index contributed by atoms with van der Waals surface area (Å²) >= 11 is 0. The van der Waals surface area contributed by atoms with E-state index in [-0.39, 0.29) is 24.7 Å². The fourth-order valence-electron chi connectivity index (χ4n) is 1.75. The highest BCUT2D eigenvalue weighted by Gasteiger charge is 2.28. The first-order valence-corrected chi connectivity index (χ1v) is 5.47. The molecule has 17 heavy (non-hydrogen) atoms. The molecule has 96 valence electrons. The Morgan fingerprint density at radius 2 is 2.00 bits per heavy atom. The molecule has 1 heterocycles. The van der Waals surface area contributed by atoms with Gasteiger partial charge in [-0.15, -0.1) is 0 Å². The Morgan fingerprint density at radius 3 is 2.53 bits per heavy atom. The Morgan fingerprint density at radius 1 is 1.35 bits per heavy atom. The topological polar surface area (TPSA) is 98.7 Å². The predicted octanol–water partition coefficient (Wildman–Crippen LogP) is -0.761. The van der Waals surface area contributed by atoms with Crippen LogP contribution in [0.25, 0.3) is 0 Å². The van der Waals surface area contributed by atoms with E-state index in [0.717, 1.165) is 0 Å². The van der Waals surface area contributed by atoms with Gasteiger partial charge in [0.05, 0.1) is 6.42 Å². The molecule has 0 spiro atoms. The molecule has 3 N–H and O–H groups in total. The summed E-state index contributed by atoms with van der Waals surface area (Å²) in [5, 5.41) is 13.0. The maximum atomic E-state index is 11.2. The molecule has 7 heteroatoms. The van der Waals surface area contributed by atoms with Crippen molar-refractivity contribution in [3.05, 3.63) is 0 Å². The lowest BCUT2D eigenvalue weighted by atomic mass is 9.96. The van der Waals surface area contributed by atoms with Gasteiger partial charge in [-0.2, -0.15) is 0 Å². The number of imide groups is 1. The molecule has 0 atom stereocenters. The van der Waals surface area contributed by atoms with E-state index in [0.29, 0.717) is 19.6 Å². The molecule has 7 nitrogen and oxygen atoms in total. The fourth-order valence-corrected chi connectivity index (χ4v) is 1.75. The van der Waals surface area contributed by atoms with Crippen molar-refractivity contribution in [3.8, 4) is 0 Å². The summed E-state index contributed by atoms with van der Waals surface area (Å²) in [5.41, 5.74) is 0. The second-order valence-electron chi connectivity index (χ2n) is 4.10. The van der Waals surface area contributed by atoms with Crippen LogP contribution in [-0.2, 0) is 9.59 Å². The number of amides is 3. The largest absolute Gasteiger partial charge is 0.481 e. The van der Waals surface area contributed by atoms with Crippen LogP contribution >= 0.6 is 0 Å². The third kappa shape index (κ3) is 4.81. The number of carboxylic acid groups (broad SMARTS) is 1. The zero-order valence-corrected chi connectivity index (χ0v) is 9.73. The van der Waals surface area contributed by atoms with Crippen molar-refractivity contribution in [2.45, 2.75) is 12.8 Å². The molecule has 0 aromatic carbocycles. The summed E-state index contributed by atoms with van der Waals surface area (Å²) in [5.74, 6) is -0.924. The predicted molar refractivity (Wildman–Crippen MR) is 59.4 cm³/mol. The van der Waals surface area contributed by atoms with Crippen molar-refractivity contribution in [2.75, 3.05) is 26.7 Å². The van der Waals surface area contributed by atoms with Gasteiger partial charge < -0.3 is 15.3 Å². The Hall–Kier alpha value is -1.63. The number of nitrogens with zero attached hydrogens (tertiary/aromatic N) is 1. The van der Waals surface area contributed by atoms with E-state index in [4.69, 9.17) is 5.11 Å². The summed E-state index contributed by atoms with van der Waals surface area (Å²) in [6.07, 6.45) is 0.425. The molecule has 1 saturated heterocycles. The van der Waals surface area contributed by atoms with Crippen LogP contribution in [0.1, 0.15) is 12.8 Å². The number of urea groups is 1. The minimum absolute atomic E-state index is 0.181. The summed E-state index contributed by atoms with van der Waals surface area (Å²) in [4.78, 5) is 34.4. The van der Waals surface area contributed by atoms with E-state index in [9.17, 15) is 14.4 Å². The third-order valence-electron chi connectivity index (χ3n) is 2.63. The maximum absolute atomic E-state index is 11.2. The highest BCUT2D eigenvalue weighted by Crippen LogP contribution is 2.18. The molecule has 0 aliphatic carbocycles. The van der Waals surface area contributed by atoms with E-state index < -0.39 is 12.0 Å². The zero-order valence-electron chi connectivity index (χ0n) is 9.73. The molecule has 3 amide bonds. The Kier molecular flexibility index (Phi) is 4.89. The summed E-state index contributed by atoms with van der Waals surface area (Å²) in [6.45, 7) is 1.97. The summed E-state index contributed by atoms with van der Waals surface area (Å²) in [6, 6.07) is -0.512. The van der Waals surface area contributed by atoms with Gasteiger partial charge in [0.1, 0.15) is 0 Å². The number of likely N-dealkylation sites (tertiary alicyclic amines) is 1. The molecular formula is C10H17N3O4. The number of hydrogen-bond acceptors (Lipinski definition) is 4. The first kappa shape index (κ1) is 13.4. The first-order valence-electron chi connectivity index (χ1n) is 5.47. The standard InChI is InChI=1S/C10H17N3O4/c1-11-10(17)12-8(14)2-3-13-5-7(6-13)4-9(15)16/h7H,2-6H2,1H3,(H,15,16)(H2,11,12,14,17). The van der Waals surface area contributed by atoms with E-state index in [2.05, 4.69) is 10.6 Å². The summed E-state index contributed by atoms with van der Waals surface area (Å²) < 4.78 is 0. The molecule has 1 aliphatic rings. The van der Waals surface area contributed by atoms with Gasteiger partial charge in [0, 0.05) is 33.1 Å². The molecule has 0 aromatic rings. The minimum Gasteiger partial charge on any atom is -0.481 e. The van der Waals surface area contributed by atoms with Crippen LogP contribution in [0.5, 0.6) is 0 Å². The van der Waals surface area contributed by atoms with E-state index in [1.54, 1.807) is 0 Å². The van der Waals surface area contributed by atoms with Crippen LogP contribution in [-0.4, -0.2) is 54.6 Å². The Bertz CT molecular complexity index is 313. The number of carbonyl (C=O) groups is 3. The first-order chi connectivity index (χ1) is 8.01. The molecule has 0 unspecified atom stereocenters. The second kappa shape index (κ2) is 6.19. The lowest BCUT2D eigenvalue weighted by Crippen LogP contribution is -2.49. The lowest BCUT2D eigenvalue weighted by molar-refractivity contribution is -0.139. The zero-order chi connectivity index (χ0) is 12.8. The molecule has 0 aromatic heterocycles. The molecule has 1 fully saturated rings. The number of nitrogens with one attached hydrogen (secondary N) is 2. The number of rotatable bonds is 5. The highest BCUT2D eigenvalue weighted by molar-refractivity contribution is 5.94. The fraction of sp³-hybridized carbons (Fsp3) is 0.700. The van der Waals surface area contributed by atoms with Crippen molar-refractivity contribution in [1.82, 2.24) is 15.5 Å².